The molecule has 0 amide bonds. The molecule has 0 aromatic heterocycles. The molecular formula is C18H22INO2. The van der Waals surface area contributed by atoms with Crippen molar-refractivity contribution in [2.45, 2.75) is 13.3 Å². The van der Waals surface area contributed by atoms with Crippen molar-refractivity contribution >= 4 is 28.3 Å². The summed E-state index contributed by atoms with van der Waals surface area (Å²) in [4.78, 5) is 2.23. The van der Waals surface area contributed by atoms with Crippen LogP contribution in [0.3, 0.4) is 0 Å². The van der Waals surface area contributed by atoms with Crippen molar-refractivity contribution in [2.24, 2.45) is 0 Å². The van der Waals surface area contributed by atoms with Gasteiger partial charge >= 0.3 is 0 Å². The van der Waals surface area contributed by atoms with Crippen LogP contribution in [-0.4, -0.2) is 31.8 Å². The number of halogens is 1. The van der Waals surface area contributed by atoms with Gasteiger partial charge in [-0.05, 0) is 71.5 Å². The summed E-state index contributed by atoms with van der Waals surface area (Å²) in [6.45, 7) is 8.62. The fraction of sp³-hybridized carbons (Fsp3) is 0.333. The highest BCUT2D eigenvalue weighted by Gasteiger charge is 2.18. The first kappa shape index (κ1) is 17.1. The van der Waals surface area contributed by atoms with Crippen LogP contribution >= 0.6 is 22.6 Å². The smallest absolute Gasteiger partial charge is 0.119 e. The van der Waals surface area contributed by atoms with Gasteiger partial charge in [0.2, 0.25) is 0 Å². The maximum Gasteiger partial charge on any atom is 0.119 e. The standard InChI is InChI=1S/C18H22INO2/c1-4-20-14(2)17(19)10-11-18(20)15-6-8-16(9-7-15)22-13-5-12-21-3/h6-11H,2,4-5,12-13H2,1,3H3. The first-order valence-electron chi connectivity index (χ1n) is 7.43. The Hall–Kier alpha value is -1.27. The lowest BCUT2D eigenvalue weighted by Crippen LogP contribution is -2.22. The number of rotatable bonds is 7. The molecule has 0 radical (unpaired) electrons. The van der Waals surface area contributed by atoms with Crippen LogP contribution in [0.1, 0.15) is 18.9 Å². The van der Waals surface area contributed by atoms with Crippen LogP contribution in [-0.2, 0) is 4.74 Å². The highest BCUT2D eigenvalue weighted by Crippen LogP contribution is 2.33. The van der Waals surface area contributed by atoms with Crippen LogP contribution in [0.25, 0.3) is 5.70 Å². The third-order valence-corrected chi connectivity index (χ3v) is 4.49. The van der Waals surface area contributed by atoms with E-state index in [0.717, 1.165) is 31.0 Å². The molecule has 22 heavy (non-hydrogen) atoms. The quantitative estimate of drug-likeness (QED) is 0.483. The molecule has 0 unspecified atom stereocenters. The second-order valence-corrected chi connectivity index (χ2v) is 6.14. The zero-order valence-corrected chi connectivity index (χ0v) is 15.3. The minimum Gasteiger partial charge on any atom is -0.494 e. The number of allylic oxidation sites excluding steroid dienone is 3. The van der Waals surface area contributed by atoms with Crippen LogP contribution in [0.5, 0.6) is 5.75 Å². The zero-order chi connectivity index (χ0) is 15.9. The summed E-state index contributed by atoms with van der Waals surface area (Å²) in [5.74, 6) is 0.892. The van der Waals surface area contributed by atoms with E-state index in [1.165, 1.54) is 14.8 Å². The van der Waals surface area contributed by atoms with Gasteiger partial charge in [0.1, 0.15) is 5.75 Å². The van der Waals surface area contributed by atoms with Crippen LogP contribution < -0.4 is 4.74 Å². The van der Waals surface area contributed by atoms with Crippen LogP contribution in [0.2, 0.25) is 0 Å². The fourth-order valence-electron chi connectivity index (χ4n) is 2.34. The maximum absolute atomic E-state index is 5.70. The van der Waals surface area contributed by atoms with E-state index in [2.05, 4.69) is 65.3 Å². The normalized spacial score (nSPS) is 14.7. The Balaban J connectivity index is 2.08. The second-order valence-electron chi connectivity index (χ2n) is 4.98. The molecule has 1 aromatic rings. The minimum atomic E-state index is 0.675. The lowest BCUT2D eigenvalue weighted by atomic mass is 10.1. The molecule has 0 fully saturated rings. The molecular weight excluding hydrogens is 389 g/mol. The number of hydrogen-bond donors (Lipinski definition) is 0. The summed E-state index contributed by atoms with van der Waals surface area (Å²) >= 11 is 2.32. The molecule has 1 aliphatic rings. The minimum absolute atomic E-state index is 0.675. The average molecular weight is 411 g/mol. The summed E-state index contributed by atoms with van der Waals surface area (Å²) in [5, 5.41) is 0. The molecule has 0 spiro atoms. The van der Waals surface area contributed by atoms with Crippen molar-refractivity contribution in [2.75, 3.05) is 26.9 Å². The molecule has 118 valence electrons. The molecule has 3 nitrogen and oxygen atoms in total. The summed E-state index contributed by atoms with van der Waals surface area (Å²) < 4.78 is 11.9. The Morgan fingerprint density at radius 3 is 2.50 bits per heavy atom. The second kappa shape index (κ2) is 8.39. The van der Waals surface area contributed by atoms with Gasteiger partial charge in [-0.15, -0.1) is 0 Å². The molecule has 0 N–H and O–H groups in total. The van der Waals surface area contributed by atoms with Crippen molar-refractivity contribution in [1.29, 1.82) is 0 Å². The Labute approximate surface area is 146 Å². The van der Waals surface area contributed by atoms with Crippen molar-refractivity contribution in [1.82, 2.24) is 4.90 Å². The Bertz CT molecular complexity index is 575. The van der Waals surface area contributed by atoms with Gasteiger partial charge in [0.25, 0.3) is 0 Å². The third kappa shape index (κ3) is 4.14. The molecule has 0 aliphatic carbocycles. The number of hydrogen-bond acceptors (Lipinski definition) is 3. The lowest BCUT2D eigenvalue weighted by Gasteiger charge is -2.30. The molecule has 0 saturated heterocycles. The number of likely N-dealkylation sites (N-methyl/N-ethyl adjacent to an activating group) is 1. The molecule has 0 saturated carbocycles. The van der Waals surface area contributed by atoms with E-state index in [9.17, 15) is 0 Å². The first-order chi connectivity index (χ1) is 10.7. The van der Waals surface area contributed by atoms with E-state index >= 15 is 0 Å². The third-order valence-electron chi connectivity index (χ3n) is 3.51. The van der Waals surface area contributed by atoms with E-state index in [4.69, 9.17) is 9.47 Å². The predicted octanol–water partition coefficient (Wildman–Crippen LogP) is 4.61. The summed E-state index contributed by atoms with van der Waals surface area (Å²) in [5.41, 5.74) is 3.41. The van der Waals surface area contributed by atoms with Gasteiger partial charge in [-0.25, -0.2) is 0 Å². The summed E-state index contributed by atoms with van der Waals surface area (Å²) in [7, 11) is 1.70. The predicted molar refractivity (Wildman–Crippen MR) is 100 cm³/mol. The monoisotopic (exact) mass is 411 g/mol. The van der Waals surface area contributed by atoms with E-state index in [-0.39, 0.29) is 0 Å². The van der Waals surface area contributed by atoms with Gasteiger partial charge in [0.05, 0.1) is 6.61 Å². The number of nitrogens with zero attached hydrogens (tertiary/aromatic N) is 1. The van der Waals surface area contributed by atoms with Gasteiger partial charge in [-0.3, -0.25) is 0 Å². The van der Waals surface area contributed by atoms with E-state index < -0.39 is 0 Å². The fourth-order valence-corrected chi connectivity index (χ4v) is 2.81. The van der Waals surface area contributed by atoms with Crippen molar-refractivity contribution in [3.8, 4) is 5.75 Å². The van der Waals surface area contributed by atoms with Crippen LogP contribution in [0, 0.1) is 0 Å². The highest BCUT2D eigenvalue weighted by molar-refractivity contribution is 14.1. The summed E-state index contributed by atoms with van der Waals surface area (Å²) in [6.07, 6.45) is 5.16. The maximum atomic E-state index is 5.70. The Morgan fingerprint density at radius 1 is 1.14 bits per heavy atom. The van der Waals surface area contributed by atoms with Crippen molar-refractivity contribution in [3.63, 3.8) is 0 Å². The number of benzene rings is 1. The number of methoxy groups -OCH3 is 1. The summed E-state index contributed by atoms with van der Waals surface area (Å²) in [6, 6.07) is 8.23. The van der Waals surface area contributed by atoms with E-state index in [0.29, 0.717) is 6.61 Å². The molecule has 0 bridgehead atoms. The lowest BCUT2D eigenvalue weighted by molar-refractivity contribution is 0.172. The highest BCUT2D eigenvalue weighted by atomic mass is 127. The first-order valence-corrected chi connectivity index (χ1v) is 8.51. The van der Waals surface area contributed by atoms with Gasteiger partial charge in [-0.1, -0.05) is 6.58 Å². The molecule has 2 rings (SSSR count). The molecule has 1 aliphatic heterocycles. The van der Waals surface area contributed by atoms with Crippen molar-refractivity contribution in [3.05, 3.63) is 57.8 Å². The average Bonchev–Trinajstić information content (AvgIpc) is 2.55. The van der Waals surface area contributed by atoms with E-state index in [1.54, 1.807) is 7.11 Å². The van der Waals surface area contributed by atoms with Gasteiger partial charge in [0.15, 0.2) is 0 Å². The Kier molecular flexibility index (Phi) is 6.51. The zero-order valence-electron chi connectivity index (χ0n) is 13.1. The van der Waals surface area contributed by atoms with E-state index in [1.807, 2.05) is 12.1 Å². The largest absolute Gasteiger partial charge is 0.494 e. The molecule has 0 atom stereocenters. The number of ether oxygens (including phenoxy) is 2. The van der Waals surface area contributed by atoms with Gasteiger partial charge < -0.3 is 14.4 Å². The molecule has 4 heteroatoms. The topological polar surface area (TPSA) is 21.7 Å². The molecule has 1 heterocycles. The van der Waals surface area contributed by atoms with Gasteiger partial charge in [0, 0.05) is 41.7 Å². The molecule has 1 aromatic carbocycles. The van der Waals surface area contributed by atoms with Crippen molar-refractivity contribution < 1.29 is 9.47 Å². The van der Waals surface area contributed by atoms with Crippen LogP contribution in [0.15, 0.2) is 52.3 Å². The Morgan fingerprint density at radius 2 is 1.86 bits per heavy atom. The SMILES string of the molecule is C=C1C(I)=CC=C(c2ccc(OCCCOC)cc2)N1CC. The van der Waals surface area contributed by atoms with Crippen LogP contribution in [0.4, 0.5) is 0 Å². The van der Waals surface area contributed by atoms with Gasteiger partial charge in [-0.2, -0.15) is 0 Å².